The fraction of sp³-hybridized carbons (Fsp3) is 0.0909. The molecule has 0 saturated heterocycles. The number of hydrogen-bond donors (Lipinski definition) is 4. The van der Waals surface area contributed by atoms with Crippen molar-refractivity contribution >= 4 is 18.2 Å². The van der Waals surface area contributed by atoms with Crippen molar-refractivity contribution in [1.82, 2.24) is 5.32 Å². The molecule has 4 rings (SSSR count). The van der Waals surface area contributed by atoms with Crippen molar-refractivity contribution in [1.29, 1.82) is 0 Å². The number of nitrogens with one attached hydrogen (secondary N) is 1. The van der Waals surface area contributed by atoms with Crippen molar-refractivity contribution in [2.45, 2.75) is 6.42 Å². The van der Waals surface area contributed by atoms with Crippen molar-refractivity contribution in [3.05, 3.63) is 70.2 Å². The molecule has 3 aromatic carbocycles. The topological polar surface area (TPSA) is 111 Å². The number of nitrogens with zero attached hydrogens (tertiary/aromatic N) is 1. The van der Waals surface area contributed by atoms with E-state index in [0.717, 1.165) is 11.6 Å². The summed E-state index contributed by atoms with van der Waals surface area (Å²) in [6.07, 6.45) is 0.557. The van der Waals surface area contributed by atoms with Gasteiger partial charge in [0.15, 0.2) is 17.2 Å². The summed E-state index contributed by atoms with van der Waals surface area (Å²) < 4.78 is 5.70. The van der Waals surface area contributed by atoms with Gasteiger partial charge in [0.05, 0.1) is 5.56 Å². The van der Waals surface area contributed by atoms with E-state index in [9.17, 15) is 20.1 Å². The van der Waals surface area contributed by atoms with Crippen LogP contribution < -0.4 is 20.6 Å². The van der Waals surface area contributed by atoms with E-state index in [-0.39, 0.29) is 22.7 Å². The number of ether oxygens (including phenoxy) is 1. The molecule has 0 aliphatic carbocycles. The first-order valence-electron chi connectivity index (χ1n) is 8.93. The number of phenolic OH excluding ortho intramolecular Hbond substituents is 3. The highest BCUT2D eigenvalue weighted by atomic mass is 16.5. The number of carbonyl (C=O) groups excluding carboxylic acids is 1. The van der Waals surface area contributed by atoms with Crippen LogP contribution >= 0.6 is 0 Å². The summed E-state index contributed by atoms with van der Waals surface area (Å²) in [7, 11) is 0. The zero-order chi connectivity index (χ0) is 20.5. The Morgan fingerprint density at radius 1 is 1.07 bits per heavy atom. The first-order chi connectivity index (χ1) is 13.9. The van der Waals surface area contributed by atoms with Crippen LogP contribution in [-0.4, -0.2) is 27.8 Å². The lowest BCUT2D eigenvalue weighted by Gasteiger charge is -2.18. The number of carbonyl (C=O) groups is 1. The second-order valence-electron chi connectivity index (χ2n) is 6.66. The minimum absolute atomic E-state index is 0.0771. The lowest BCUT2D eigenvalue weighted by molar-refractivity contribution is 0.0954. The van der Waals surface area contributed by atoms with Gasteiger partial charge in [0, 0.05) is 6.54 Å². The summed E-state index contributed by atoms with van der Waals surface area (Å²) in [6.45, 7) is 4.16. The number of rotatable bonds is 4. The first kappa shape index (κ1) is 18.4. The third-order valence-corrected chi connectivity index (χ3v) is 4.56. The molecular weight excluding hydrogens is 372 g/mol. The quantitative estimate of drug-likeness (QED) is 0.400. The van der Waals surface area contributed by atoms with Gasteiger partial charge in [0.2, 0.25) is 5.75 Å². The Kier molecular flexibility index (Phi) is 4.56. The molecule has 0 saturated carbocycles. The van der Waals surface area contributed by atoms with Crippen LogP contribution in [0.2, 0.25) is 0 Å². The molecule has 7 nitrogen and oxygen atoms in total. The Hall–Kier alpha value is -4.00. The van der Waals surface area contributed by atoms with Crippen LogP contribution in [0.4, 0.5) is 5.69 Å². The fourth-order valence-corrected chi connectivity index (χ4v) is 3.05. The van der Waals surface area contributed by atoms with Gasteiger partial charge in [0.1, 0.15) is 16.8 Å². The number of benzene rings is 3. The predicted molar refractivity (Wildman–Crippen MR) is 106 cm³/mol. The zero-order valence-electron chi connectivity index (χ0n) is 15.3. The average Bonchev–Trinajstić information content (AvgIpc) is 2.71. The van der Waals surface area contributed by atoms with Gasteiger partial charge in [-0.2, -0.15) is 0 Å². The number of hydrogen-bond acceptors (Lipinski definition) is 6. The Labute approximate surface area is 165 Å². The molecule has 0 bridgehead atoms. The summed E-state index contributed by atoms with van der Waals surface area (Å²) in [5.74, 6) is -0.936. The minimum atomic E-state index is -0.482. The Morgan fingerprint density at radius 2 is 1.83 bits per heavy atom. The van der Waals surface area contributed by atoms with E-state index in [1.165, 1.54) is 0 Å². The van der Waals surface area contributed by atoms with Crippen LogP contribution in [0.25, 0.3) is 6.58 Å². The molecule has 0 aromatic heterocycles. The summed E-state index contributed by atoms with van der Waals surface area (Å²) in [4.78, 5) is 17.2. The largest absolute Gasteiger partial charge is 0.508 e. The summed E-state index contributed by atoms with van der Waals surface area (Å²) in [5, 5.41) is 33.5. The smallest absolute Gasteiger partial charge is 0.253 e. The highest BCUT2D eigenvalue weighted by Gasteiger charge is 2.26. The Balaban J connectivity index is 1.63. The normalized spacial score (nSPS) is 11.6. The van der Waals surface area contributed by atoms with Crippen molar-refractivity contribution in [3.63, 3.8) is 0 Å². The Morgan fingerprint density at radius 3 is 2.59 bits per heavy atom. The molecule has 1 heterocycles. The van der Waals surface area contributed by atoms with Crippen molar-refractivity contribution in [3.8, 4) is 28.7 Å². The second-order valence-corrected chi connectivity index (χ2v) is 6.66. The summed E-state index contributed by atoms with van der Waals surface area (Å²) in [6, 6.07) is 13.0. The molecule has 3 aromatic rings. The fourth-order valence-electron chi connectivity index (χ4n) is 3.05. The number of amides is 1. The van der Waals surface area contributed by atoms with Crippen LogP contribution in [0.5, 0.6) is 28.7 Å². The molecule has 0 spiro atoms. The molecule has 0 radical (unpaired) electrons. The molecule has 4 N–H and O–H groups in total. The average molecular weight is 390 g/mol. The van der Waals surface area contributed by atoms with E-state index in [1.807, 2.05) is 0 Å². The number of fused-ring (bicyclic) bond motifs is 2. The molecule has 29 heavy (non-hydrogen) atoms. The van der Waals surface area contributed by atoms with E-state index in [2.05, 4.69) is 16.9 Å². The maximum absolute atomic E-state index is 12.7. The van der Waals surface area contributed by atoms with Crippen LogP contribution in [0, 0.1) is 0 Å². The third-order valence-electron chi connectivity index (χ3n) is 4.56. The second kappa shape index (κ2) is 7.20. The van der Waals surface area contributed by atoms with Gasteiger partial charge in [-0.05, 0) is 47.5 Å². The lowest BCUT2D eigenvalue weighted by atomic mass is 10.1. The first-order valence-corrected chi connectivity index (χ1v) is 8.93. The van der Waals surface area contributed by atoms with Gasteiger partial charge in [0.25, 0.3) is 5.91 Å². The Bertz CT molecular complexity index is 1220. The van der Waals surface area contributed by atoms with E-state index in [4.69, 9.17) is 4.74 Å². The van der Waals surface area contributed by atoms with Gasteiger partial charge < -0.3 is 25.4 Å². The molecular formula is C22H18N2O5. The monoisotopic (exact) mass is 390 g/mol. The van der Waals surface area contributed by atoms with Crippen molar-refractivity contribution in [2.24, 2.45) is 4.99 Å². The maximum Gasteiger partial charge on any atom is 0.253 e. The molecule has 0 atom stereocenters. The SMILES string of the molecule is C=c1ccc2c(c1)Oc1c(O)c(O)cc(C(=O)NCCc3ccc(O)cc3)c1N=2. The van der Waals surface area contributed by atoms with Crippen LogP contribution in [0.1, 0.15) is 15.9 Å². The molecule has 1 amide bonds. The van der Waals surface area contributed by atoms with Gasteiger partial charge >= 0.3 is 0 Å². The lowest BCUT2D eigenvalue weighted by Crippen LogP contribution is -2.26. The van der Waals surface area contributed by atoms with E-state index >= 15 is 0 Å². The number of aromatic hydroxyl groups is 3. The van der Waals surface area contributed by atoms with Crippen molar-refractivity contribution in [2.75, 3.05) is 6.54 Å². The van der Waals surface area contributed by atoms with E-state index in [1.54, 1.807) is 42.5 Å². The molecule has 146 valence electrons. The molecule has 1 aliphatic heterocycles. The van der Waals surface area contributed by atoms with E-state index < -0.39 is 17.4 Å². The summed E-state index contributed by atoms with van der Waals surface area (Å²) in [5.41, 5.74) is 1.18. The van der Waals surface area contributed by atoms with Gasteiger partial charge in [-0.25, -0.2) is 4.99 Å². The zero-order valence-corrected chi connectivity index (χ0v) is 15.3. The minimum Gasteiger partial charge on any atom is -0.508 e. The van der Waals surface area contributed by atoms with Crippen LogP contribution in [0.3, 0.4) is 0 Å². The standard InChI is InChI=1S/C22H18N2O5/c1-12-2-7-16-18(10-12)29-21-19(24-16)15(11-17(26)20(21)27)22(28)23-9-8-13-3-5-14(25)6-4-13/h2-7,10-11,25-27H,1,8-9H2,(H,23,28). The predicted octanol–water partition coefficient (Wildman–Crippen LogP) is 2.24. The molecule has 1 aliphatic rings. The highest BCUT2D eigenvalue weighted by molar-refractivity contribution is 6.01. The van der Waals surface area contributed by atoms with E-state index in [0.29, 0.717) is 29.3 Å². The van der Waals surface area contributed by atoms with Gasteiger partial charge in [-0.15, -0.1) is 0 Å². The van der Waals surface area contributed by atoms with Crippen LogP contribution in [-0.2, 0) is 6.42 Å². The molecule has 0 unspecified atom stereocenters. The van der Waals surface area contributed by atoms with Crippen LogP contribution in [0.15, 0.2) is 53.5 Å². The molecule has 7 heteroatoms. The number of phenols is 3. The highest BCUT2D eigenvalue weighted by Crippen LogP contribution is 2.48. The van der Waals surface area contributed by atoms with Gasteiger partial charge in [-0.1, -0.05) is 24.8 Å². The summed E-state index contributed by atoms with van der Waals surface area (Å²) >= 11 is 0. The van der Waals surface area contributed by atoms with Crippen molar-refractivity contribution < 1.29 is 24.9 Å². The maximum atomic E-state index is 12.7. The molecule has 0 fully saturated rings. The third kappa shape index (κ3) is 3.58. The van der Waals surface area contributed by atoms with Gasteiger partial charge in [-0.3, -0.25) is 4.79 Å².